The number of benzene rings is 2. The molecule has 0 saturated heterocycles. The first-order chi connectivity index (χ1) is 16.4. The molecule has 11 heteroatoms. The Balaban J connectivity index is 1.38. The molecule has 0 radical (unpaired) electrons. The van der Waals surface area contributed by atoms with Crippen molar-refractivity contribution in [1.29, 1.82) is 0 Å². The maximum absolute atomic E-state index is 12.9. The van der Waals surface area contributed by atoms with Crippen molar-refractivity contribution in [3.05, 3.63) is 93.3 Å². The Morgan fingerprint density at radius 3 is 2.76 bits per heavy atom. The van der Waals surface area contributed by atoms with E-state index in [1.807, 2.05) is 30.3 Å². The van der Waals surface area contributed by atoms with E-state index < -0.39 is 22.4 Å². The molecule has 34 heavy (non-hydrogen) atoms. The summed E-state index contributed by atoms with van der Waals surface area (Å²) in [6.45, 7) is 1.53. The molecule has 3 heterocycles. The zero-order chi connectivity index (χ0) is 23.8. The van der Waals surface area contributed by atoms with Gasteiger partial charge in [0.15, 0.2) is 5.65 Å². The van der Waals surface area contributed by atoms with Gasteiger partial charge in [-0.2, -0.15) is 5.10 Å². The average Bonchev–Trinajstić information content (AvgIpc) is 3.45. The lowest BCUT2D eigenvalue weighted by molar-refractivity contribution is -0.384. The molecule has 3 aromatic heterocycles. The predicted molar refractivity (Wildman–Crippen MR) is 123 cm³/mol. The van der Waals surface area contributed by atoms with Gasteiger partial charge in [0.05, 0.1) is 17.2 Å². The molecule has 2 aromatic carbocycles. The van der Waals surface area contributed by atoms with E-state index >= 15 is 0 Å². The van der Waals surface area contributed by atoms with Crippen molar-refractivity contribution in [1.82, 2.24) is 24.6 Å². The third kappa shape index (κ3) is 3.68. The van der Waals surface area contributed by atoms with Crippen molar-refractivity contribution < 1.29 is 14.1 Å². The fourth-order valence-corrected chi connectivity index (χ4v) is 3.76. The summed E-state index contributed by atoms with van der Waals surface area (Å²) < 4.78 is 8.18. The Morgan fingerprint density at radius 2 is 1.97 bits per heavy atom. The van der Waals surface area contributed by atoms with E-state index in [0.29, 0.717) is 5.76 Å². The molecule has 0 bridgehead atoms. The molecule has 0 spiro atoms. The number of carbonyl (C=O) groups is 1. The largest absolute Gasteiger partial charge is 0.459 e. The van der Waals surface area contributed by atoms with Crippen LogP contribution in [0.25, 0.3) is 27.7 Å². The third-order valence-electron chi connectivity index (χ3n) is 5.42. The highest BCUT2D eigenvalue weighted by Crippen LogP contribution is 2.25. The number of aromatic nitrogens is 4. The summed E-state index contributed by atoms with van der Waals surface area (Å²) in [5, 5.41) is 19.4. The predicted octanol–water partition coefficient (Wildman–Crippen LogP) is 3.11. The van der Waals surface area contributed by atoms with E-state index in [-0.39, 0.29) is 29.0 Å². The van der Waals surface area contributed by atoms with Crippen molar-refractivity contribution in [2.75, 3.05) is 0 Å². The minimum atomic E-state index is -0.530. The van der Waals surface area contributed by atoms with Crippen LogP contribution in [0.2, 0.25) is 0 Å². The Kier molecular flexibility index (Phi) is 5.13. The van der Waals surface area contributed by atoms with Gasteiger partial charge < -0.3 is 9.73 Å². The van der Waals surface area contributed by atoms with Crippen LogP contribution in [-0.4, -0.2) is 30.2 Å². The molecule has 0 unspecified atom stereocenters. The van der Waals surface area contributed by atoms with Crippen LogP contribution < -0.4 is 10.9 Å². The van der Waals surface area contributed by atoms with Crippen molar-refractivity contribution >= 4 is 33.6 Å². The van der Waals surface area contributed by atoms with Crippen molar-refractivity contribution in [3.63, 3.8) is 0 Å². The second-order valence-corrected chi connectivity index (χ2v) is 7.69. The van der Waals surface area contributed by atoms with Gasteiger partial charge in [-0.3, -0.25) is 24.3 Å². The number of hydrogen-bond donors (Lipinski definition) is 1. The molecule has 0 aliphatic carbocycles. The number of carbonyl (C=O) groups excluding carboxylic acids is 1. The Labute approximate surface area is 191 Å². The van der Waals surface area contributed by atoms with E-state index in [0.717, 1.165) is 15.5 Å². The molecule has 1 amide bonds. The molecule has 0 aliphatic rings. The van der Waals surface area contributed by atoms with Gasteiger partial charge in [0.25, 0.3) is 11.2 Å². The van der Waals surface area contributed by atoms with E-state index in [4.69, 9.17) is 4.42 Å². The molecule has 170 valence electrons. The number of nitrogens with one attached hydrogen (secondary N) is 1. The van der Waals surface area contributed by atoms with Gasteiger partial charge in [0.1, 0.15) is 35.3 Å². The molecular weight excluding hydrogens is 440 g/mol. The molecule has 5 aromatic rings. The third-order valence-corrected chi connectivity index (χ3v) is 5.42. The number of nitro groups is 1. The summed E-state index contributed by atoms with van der Waals surface area (Å²) in [7, 11) is 0. The van der Waals surface area contributed by atoms with Gasteiger partial charge in [-0.15, -0.1) is 0 Å². The van der Waals surface area contributed by atoms with Gasteiger partial charge in [-0.05, 0) is 25.1 Å². The summed E-state index contributed by atoms with van der Waals surface area (Å²) in [5.41, 5.74) is 0.412. The van der Waals surface area contributed by atoms with E-state index in [1.54, 1.807) is 19.1 Å². The van der Waals surface area contributed by atoms with E-state index in [1.165, 1.54) is 29.3 Å². The molecule has 1 atom stereocenters. The minimum Gasteiger partial charge on any atom is -0.459 e. The normalized spacial score (nSPS) is 12.1. The van der Waals surface area contributed by atoms with E-state index in [9.17, 15) is 19.7 Å². The van der Waals surface area contributed by atoms with Crippen LogP contribution in [0.3, 0.4) is 0 Å². The quantitative estimate of drug-likeness (QED) is 0.305. The summed E-state index contributed by atoms with van der Waals surface area (Å²) in [4.78, 5) is 40.6. The Hall–Kier alpha value is -4.80. The average molecular weight is 458 g/mol. The number of fused-ring (bicyclic) bond motifs is 2. The van der Waals surface area contributed by atoms with Crippen LogP contribution in [0.5, 0.6) is 0 Å². The highest BCUT2D eigenvalue weighted by atomic mass is 16.6. The highest BCUT2D eigenvalue weighted by molar-refractivity contribution is 5.80. The maximum Gasteiger partial charge on any atom is 0.294 e. The lowest BCUT2D eigenvalue weighted by Crippen LogP contribution is -2.33. The van der Waals surface area contributed by atoms with Gasteiger partial charge in [0.2, 0.25) is 5.91 Å². The first kappa shape index (κ1) is 21.1. The lowest BCUT2D eigenvalue weighted by Gasteiger charge is -2.12. The summed E-state index contributed by atoms with van der Waals surface area (Å²) in [6, 6.07) is 15.0. The van der Waals surface area contributed by atoms with Crippen molar-refractivity contribution in [3.8, 4) is 5.69 Å². The topological polar surface area (TPSA) is 138 Å². The minimum absolute atomic E-state index is 0.138. The molecule has 1 N–H and O–H groups in total. The number of nitro benzene ring substituents is 1. The van der Waals surface area contributed by atoms with Crippen molar-refractivity contribution in [2.24, 2.45) is 0 Å². The second kappa shape index (κ2) is 8.28. The number of rotatable bonds is 6. The van der Waals surface area contributed by atoms with Crippen LogP contribution in [0.15, 0.2) is 76.3 Å². The van der Waals surface area contributed by atoms with Gasteiger partial charge in [0, 0.05) is 11.5 Å². The van der Waals surface area contributed by atoms with Gasteiger partial charge >= 0.3 is 0 Å². The zero-order valence-corrected chi connectivity index (χ0v) is 17.9. The fourth-order valence-electron chi connectivity index (χ4n) is 3.76. The summed E-state index contributed by atoms with van der Waals surface area (Å²) in [6.07, 6.45) is 2.51. The summed E-state index contributed by atoms with van der Waals surface area (Å²) >= 11 is 0. The molecular formula is C23H18N6O5. The van der Waals surface area contributed by atoms with Gasteiger partial charge in [-0.25, -0.2) is 9.67 Å². The number of nitrogens with zero attached hydrogens (tertiary/aromatic N) is 5. The maximum atomic E-state index is 12.9. The standard InChI is InChI=1S/C23H18N6O5/c1-14(20-10-15-6-2-5-9-19(15)34-20)26-21(30)12-27-13-24-22-16(23(27)31)11-25-28(22)17-7-3-4-8-18(17)29(32)33/h2-11,13-14H,12H2,1H3,(H,26,30)/t14-/m0/s1. The summed E-state index contributed by atoms with van der Waals surface area (Å²) in [5.74, 6) is 0.198. The molecule has 5 rings (SSSR count). The number of amides is 1. The Bertz CT molecular complexity index is 1580. The first-order valence-corrected chi connectivity index (χ1v) is 10.4. The number of furan rings is 1. The number of para-hydroxylation sites is 3. The Morgan fingerprint density at radius 1 is 1.21 bits per heavy atom. The van der Waals surface area contributed by atoms with Gasteiger partial charge in [-0.1, -0.05) is 30.3 Å². The molecule has 11 nitrogen and oxygen atoms in total. The van der Waals surface area contributed by atoms with Crippen LogP contribution >= 0.6 is 0 Å². The molecule has 0 saturated carbocycles. The van der Waals surface area contributed by atoms with Crippen LogP contribution in [0, 0.1) is 10.1 Å². The van der Waals surface area contributed by atoms with Crippen LogP contribution in [0.4, 0.5) is 5.69 Å². The SMILES string of the molecule is C[C@H](NC(=O)Cn1cnc2c(cnn2-c2ccccc2[N+](=O)[O-])c1=O)c1cc2ccccc2o1. The van der Waals surface area contributed by atoms with Crippen molar-refractivity contribution in [2.45, 2.75) is 19.5 Å². The number of hydrogen-bond acceptors (Lipinski definition) is 7. The highest BCUT2D eigenvalue weighted by Gasteiger charge is 2.20. The second-order valence-electron chi connectivity index (χ2n) is 7.69. The lowest BCUT2D eigenvalue weighted by atomic mass is 10.2. The molecule has 0 aliphatic heterocycles. The molecule has 0 fully saturated rings. The first-order valence-electron chi connectivity index (χ1n) is 10.4. The zero-order valence-electron chi connectivity index (χ0n) is 17.9. The van der Waals surface area contributed by atoms with E-state index in [2.05, 4.69) is 15.4 Å². The van der Waals surface area contributed by atoms with Crippen LogP contribution in [-0.2, 0) is 11.3 Å². The monoisotopic (exact) mass is 458 g/mol. The van der Waals surface area contributed by atoms with Crippen LogP contribution in [0.1, 0.15) is 18.7 Å². The fraction of sp³-hybridized carbons (Fsp3) is 0.130. The smallest absolute Gasteiger partial charge is 0.294 e.